The number of piperazine rings is 1. The number of carbonyl (C=O) groups is 1. The number of halogens is 1. The molecule has 1 heterocycles. The molecule has 5 heteroatoms. The Hall–Kier alpha value is -0.660. The molecule has 0 saturated carbocycles. The molecule has 1 saturated heterocycles. The molecule has 0 bridgehead atoms. The number of hydrogen-bond acceptors (Lipinski definition) is 3. The molecule has 1 aliphatic rings. The van der Waals surface area contributed by atoms with Crippen LogP contribution in [0.15, 0.2) is 24.3 Å². The van der Waals surface area contributed by atoms with Crippen molar-refractivity contribution < 1.29 is 4.79 Å². The number of nitrogens with one attached hydrogen (secondary N) is 2. The Labute approximate surface area is 115 Å². The van der Waals surface area contributed by atoms with Crippen LogP contribution in [-0.2, 0) is 4.79 Å². The minimum absolute atomic E-state index is 0.0638. The van der Waals surface area contributed by atoms with Gasteiger partial charge in [-0.05, 0) is 40.8 Å². The lowest BCUT2D eigenvalue weighted by atomic mass is 10.3. The predicted molar refractivity (Wildman–Crippen MR) is 77.1 cm³/mol. The van der Waals surface area contributed by atoms with Gasteiger partial charge in [0, 0.05) is 35.4 Å². The largest absolute Gasteiger partial charge is 0.325 e. The van der Waals surface area contributed by atoms with Gasteiger partial charge in [-0.3, -0.25) is 9.69 Å². The fourth-order valence-corrected chi connectivity index (χ4v) is 2.38. The summed E-state index contributed by atoms with van der Waals surface area (Å²) in [5.74, 6) is 0.0638. The first kappa shape index (κ1) is 12.8. The van der Waals surface area contributed by atoms with Gasteiger partial charge in [0.2, 0.25) is 5.91 Å². The molecule has 2 N–H and O–H groups in total. The van der Waals surface area contributed by atoms with Gasteiger partial charge >= 0.3 is 0 Å². The van der Waals surface area contributed by atoms with Crippen LogP contribution in [0.3, 0.4) is 0 Å². The van der Waals surface area contributed by atoms with Crippen molar-refractivity contribution in [3.8, 4) is 0 Å². The first-order valence-corrected chi connectivity index (χ1v) is 6.80. The Kier molecular flexibility index (Phi) is 4.75. The zero-order valence-corrected chi connectivity index (χ0v) is 11.7. The number of carbonyl (C=O) groups excluding carboxylic acids is 1. The Bertz CT molecular complexity index is 391. The Morgan fingerprint density at radius 3 is 2.88 bits per heavy atom. The highest BCUT2D eigenvalue weighted by atomic mass is 127. The molecule has 1 aromatic carbocycles. The van der Waals surface area contributed by atoms with Crippen LogP contribution in [0.2, 0.25) is 0 Å². The van der Waals surface area contributed by atoms with E-state index in [1.165, 1.54) is 0 Å². The summed E-state index contributed by atoms with van der Waals surface area (Å²) < 4.78 is 1.13. The molecule has 1 aliphatic heterocycles. The average Bonchev–Trinajstić information content (AvgIpc) is 2.30. The van der Waals surface area contributed by atoms with E-state index >= 15 is 0 Å². The quantitative estimate of drug-likeness (QED) is 0.808. The Morgan fingerprint density at radius 1 is 1.41 bits per heavy atom. The second kappa shape index (κ2) is 6.32. The normalized spacial score (nSPS) is 16.8. The SMILES string of the molecule is O=C(CN1CCNCC1)Nc1cccc(I)c1. The molecule has 2 rings (SSSR count). The van der Waals surface area contributed by atoms with Crippen LogP contribution < -0.4 is 10.6 Å². The molecule has 92 valence electrons. The summed E-state index contributed by atoms with van der Waals surface area (Å²) in [6.45, 7) is 4.31. The van der Waals surface area contributed by atoms with Gasteiger partial charge in [-0.25, -0.2) is 0 Å². The van der Waals surface area contributed by atoms with Crippen molar-refractivity contribution in [3.63, 3.8) is 0 Å². The second-order valence-corrected chi connectivity index (χ2v) is 5.33. The maximum Gasteiger partial charge on any atom is 0.238 e. The zero-order valence-electron chi connectivity index (χ0n) is 9.58. The van der Waals surface area contributed by atoms with Crippen molar-refractivity contribution in [1.29, 1.82) is 0 Å². The molecular formula is C12H16IN3O. The van der Waals surface area contributed by atoms with Crippen LogP contribution in [0.25, 0.3) is 0 Å². The van der Waals surface area contributed by atoms with Crippen LogP contribution >= 0.6 is 22.6 Å². The Morgan fingerprint density at radius 2 is 2.18 bits per heavy atom. The molecule has 4 nitrogen and oxygen atoms in total. The number of amides is 1. The van der Waals surface area contributed by atoms with E-state index in [2.05, 4.69) is 38.1 Å². The predicted octanol–water partition coefficient (Wildman–Crippen LogP) is 1.13. The summed E-state index contributed by atoms with van der Waals surface area (Å²) in [5, 5.41) is 6.19. The zero-order chi connectivity index (χ0) is 12.1. The monoisotopic (exact) mass is 345 g/mol. The fourth-order valence-electron chi connectivity index (χ4n) is 1.84. The number of nitrogens with zero attached hydrogens (tertiary/aromatic N) is 1. The van der Waals surface area contributed by atoms with Gasteiger partial charge in [-0.2, -0.15) is 0 Å². The van der Waals surface area contributed by atoms with Crippen LogP contribution in [0.1, 0.15) is 0 Å². The molecule has 0 unspecified atom stereocenters. The van der Waals surface area contributed by atoms with E-state index in [4.69, 9.17) is 0 Å². The standard InChI is InChI=1S/C12H16IN3O/c13-10-2-1-3-11(8-10)15-12(17)9-16-6-4-14-5-7-16/h1-3,8,14H,4-7,9H2,(H,15,17). The van der Waals surface area contributed by atoms with Crippen LogP contribution in [0.5, 0.6) is 0 Å². The van der Waals surface area contributed by atoms with E-state index in [0.29, 0.717) is 6.54 Å². The fraction of sp³-hybridized carbons (Fsp3) is 0.417. The summed E-state index contributed by atoms with van der Waals surface area (Å²) in [4.78, 5) is 14.0. The molecule has 0 aliphatic carbocycles. The molecule has 1 amide bonds. The molecule has 0 aromatic heterocycles. The molecule has 0 radical (unpaired) electrons. The second-order valence-electron chi connectivity index (χ2n) is 4.08. The van der Waals surface area contributed by atoms with E-state index in [1.54, 1.807) is 0 Å². The number of anilines is 1. The number of benzene rings is 1. The van der Waals surface area contributed by atoms with Gasteiger partial charge in [0.15, 0.2) is 0 Å². The summed E-state index contributed by atoms with van der Waals surface area (Å²) in [6, 6.07) is 7.84. The summed E-state index contributed by atoms with van der Waals surface area (Å²) >= 11 is 2.24. The van der Waals surface area contributed by atoms with Crippen LogP contribution in [0, 0.1) is 3.57 Å². The third-order valence-corrected chi connectivity index (χ3v) is 3.36. The lowest BCUT2D eigenvalue weighted by molar-refractivity contribution is -0.117. The molecule has 1 aromatic rings. The smallest absolute Gasteiger partial charge is 0.238 e. The topological polar surface area (TPSA) is 44.4 Å². The maximum absolute atomic E-state index is 11.8. The molecular weight excluding hydrogens is 329 g/mol. The van der Waals surface area contributed by atoms with E-state index in [1.807, 2.05) is 24.3 Å². The molecule has 17 heavy (non-hydrogen) atoms. The number of rotatable bonds is 3. The van der Waals surface area contributed by atoms with Crippen molar-refractivity contribution in [2.45, 2.75) is 0 Å². The van der Waals surface area contributed by atoms with Crippen molar-refractivity contribution in [2.75, 3.05) is 38.0 Å². The van der Waals surface area contributed by atoms with Gasteiger partial charge in [-0.1, -0.05) is 6.07 Å². The van der Waals surface area contributed by atoms with E-state index in [-0.39, 0.29) is 5.91 Å². The summed E-state index contributed by atoms with van der Waals surface area (Å²) in [7, 11) is 0. The third-order valence-electron chi connectivity index (χ3n) is 2.69. The minimum atomic E-state index is 0.0638. The van der Waals surface area contributed by atoms with Crippen LogP contribution in [0.4, 0.5) is 5.69 Å². The molecule has 0 spiro atoms. The van der Waals surface area contributed by atoms with Crippen molar-refractivity contribution in [2.24, 2.45) is 0 Å². The highest BCUT2D eigenvalue weighted by molar-refractivity contribution is 14.1. The van der Waals surface area contributed by atoms with Gasteiger partial charge < -0.3 is 10.6 Å². The molecule has 1 fully saturated rings. The highest BCUT2D eigenvalue weighted by Gasteiger charge is 2.13. The van der Waals surface area contributed by atoms with Crippen molar-refractivity contribution in [1.82, 2.24) is 10.2 Å². The third kappa shape index (κ3) is 4.25. The number of hydrogen-bond donors (Lipinski definition) is 2. The van der Waals surface area contributed by atoms with E-state index in [9.17, 15) is 4.79 Å². The minimum Gasteiger partial charge on any atom is -0.325 e. The first-order chi connectivity index (χ1) is 8.24. The summed E-state index contributed by atoms with van der Waals surface area (Å²) in [6.07, 6.45) is 0. The maximum atomic E-state index is 11.8. The first-order valence-electron chi connectivity index (χ1n) is 5.72. The van der Waals surface area contributed by atoms with Gasteiger partial charge in [-0.15, -0.1) is 0 Å². The van der Waals surface area contributed by atoms with Crippen molar-refractivity contribution >= 4 is 34.2 Å². The van der Waals surface area contributed by atoms with E-state index in [0.717, 1.165) is 35.4 Å². The highest BCUT2D eigenvalue weighted by Crippen LogP contribution is 2.12. The van der Waals surface area contributed by atoms with Gasteiger partial charge in [0.05, 0.1) is 6.54 Å². The molecule has 0 atom stereocenters. The van der Waals surface area contributed by atoms with Gasteiger partial charge in [0.25, 0.3) is 0 Å². The van der Waals surface area contributed by atoms with Crippen molar-refractivity contribution in [3.05, 3.63) is 27.8 Å². The lowest BCUT2D eigenvalue weighted by Gasteiger charge is -2.26. The van der Waals surface area contributed by atoms with Gasteiger partial charge in [0.1, 0.15) is 0 Å². The van der Waals surface area contributed by atoms with E-state index < -0.39 is 0 Å². The Balaban J connectivity index is 1.84. The average molecular weight is 345 g/mol. The van der Waals surface area contributed by atoms with Crippen LogP contribution in [-0.4, -0.2) is 43.5 Å². The summed E-state index contributed by atoms with van der Waals surface area (Å²) in [5.41, 5.74) is 0.872. The lowest BCUT2D eigenvalue weighted by Crippen LogP contribution is -2.46.